The molecule has 1 aromatic carbocycles. The first kappa shape index (κ1) is 12.5. The van der Waals surface area contributed by atoms with E-state index in [-0.39, 0.29) is 5.75 Å². The van der Waals surface area contributed by atoms with Crippen LogP contribution >= 0.6 is 10.7 Å². The molecular formula is C11H13ClO4S. The number of halogens is 1. The van der Waals surface area contributed by atoms with Gasteiger partial charge in [-0.1, -0.05) is 6.07 Å². The van der Waals surface area contributed by atoms with Crippen molar-refractivity contribution in [1.29, 1.82) is 0 Å². The number of hydrogen-bond acceptors (Lipinski definition) is 4. The molecular weight excluding hydrogens is 264 g/mol. The van der Waals surface area contributed by atoms with Gasteiger partial charge in [-0.2, -0.15) is 0 Å². The van der Waals surface area contributed by atoms with Crippen LogP contribution in [0.15, 0.2) is 18.2 Å². The van der Waals surface area contributed by atoms with Gasteiger partial charge in [0.15, 0.2) is 11.5 Å². The number of aryl methyl sites for hydroxylation is 1. The molecule has 4 nitrogen and oxygen atoms in total. The van der Waals surface area contributed by atoms with E-state index in [1.165, 1.54) is 0 Å². The summed E-state index contributed by atoms with van der Waals surface area (Å²) >= 11 is 0. The third kappa shape index (κ3) is 3.78. The molecule has 6 heteroatoms. The Morgan fingerprint density at radius 2 is 1.88 bits per heavy atom. The average Bonchev–Trinajstić information content (AvgIpc) is 2.49. The van der Waals surface area contributed by atoms with Crippen LogP contribution in [0, 0.1) is 0 Å². The Labute approximate surface area is 105 Å². The van der Waals surface area contributed by atoms with Crippen LogP contribution in [0.25, 0.3) is 0 Å². The van der Waals surface area contributed by atoms with Crippen molar-refractivity contribution in [3.05, 3.63) is 23.8 Å². The van der Waals surface area contributed by atoms with Crippen molar-refractivity contribution in [1.82, 2.24) is 0 Å². The van der Waals surface area contributed by atoms with Crippen molar-refractivity contribution in [3.63, 3.8) is 0 Å². The summed E-state index contributed by atoms with van der Waals surface area (Å²) in [5.74, 6) is 1.31. The standard InChI is InChI=1S/C11H13ClO4S/c12-17(13,14)7-4-9-2-3-10-11(8-9)16-6-1-5-15-10/h2-3,8H,1,4-7H2. The second-order valence-electron chi connectivity index (χ2n) is 3.82. The molecule has 94 valence electrons. The molecule has 0 unspecified atom stereocenters. The van der Waals surface area contributed by atoms with Crippen LogP contribution in [0.4, 0.5) is 0 Å². The first-order chi connectivity index (χ1) is 8.04. The third-order valence-corrected chi connectivity index (χ3v) is 3.60. The number of ether oxygens (including phenoxy) is 2. The number of benzene rings is 1. The highest BCUT2D eigenvalue weighted by atomic mass is 35.7. The van der Waals surface area contributed by atoms with Gasteiger partial charge in [-0.3, -0.25) is 0 Å². The summed E-state index contributed by atoms with van der Waals surface area (Å²) in [5.41, 5.74) is 0.874. The van der Waals surface area contributed by atoms with Gasteiger partial charge in [0.25, 0.3) is 0 Å². The first-order valence-corrected chi connectivity index (χ1v) is 7.83. The summed E-state index contributed by atoms with van der Waals surface area (Å²) in [7, 11) is 1.72. The predicted octanol–water partition coefficient (Wildman–Crippen LogP) is 1.96. The van der Waals surface area contributed by atoms with Crippen molar-refractivity contribution < 1.29 is 17.9 Å². The predicted molar refractivity (Wildman–Crippen MR) is 65.4 cm³/mol. The van der Waals surface area contributed by atoms with Gasteiger partial charge in [0, 0.05) is 17.1 Å². The van der Waals surface area contributed by atoms with Crippen LogP contribution in [0.5, 0.6) is 11.5 Å². The van der Waals surface area contributed by atoms with E-state index in [1.807, 2.05) is 12.1 Å². The third-order valence-electron chi connectivity index (χ3n) is 2.45. The van der Waals surface area contributed by atoms with Gasteiger partial charge in [-0.25, -0.2) is 8.42 Å². The zero-order valence-corrected chi connectivity index (χ0v) is 10.8. The normalized spacial score (nSPS) is 15.4. The monoisotopic (exact) mass is 276 g/mol. The van der Waals surface area contributed by atoms with E-state index in [0.717, 1.165) is 12.0 Å². The fourth-order valence-corrected chi connectivity index (χ4v) is 2.31. The second-order valence-corrected chi connectivity index (χ2v) is 6.72. The molecule has 17 heavy (non-hydrogen) atoms. The molecule has 1 aliphatic heterocycles. The lowest BCUT2D eigenvalue weighted by Crippen LogP contribution is -2.01. The van der Waals surface area contributed by atoms with E-state index in [0.29, 0.717) is 31.1 Å². The van der Waals surface area contributed by atoms with Crippen LogP contribution < -0.4 is 9.47 Å². The lowest BCUT2D eigenvalue weighted by atomic mass is 10.1. The molecule has 0 fully saturated rings. The molecule has 0 bridgehead atoms. The maximum atomic E-state index is 10.9. The summed E-state index contributed by atoms with van der Waals surface area (Å²) in [6, 6.07) is 5.44. The first-order valence-electron chi connectivity index (χ1n) is 5.35. The van der Waals surface area contributed by atoms with Crippen LogP contribution in [0.3, 0.4) is 0 Å². The summed E-state index contributed by atoms with van der Waals surface area (Å²) < 4.78 is 32.7. The minimum Gasteiger partial charge on any atom is -0.490 e. The van der Waals surface area contributed by atoms with Gasteiger partial charge < -0.3 is 9.47 Å². The molecule has 0 aliphatic carbocycles. The topological polar surface area (TPSA) is 52.6 Å². The maximum absolute atomic E-state index is 10.9. The van der Waals surface area contributed by atoms with Crippen molar-refractivity contribution in [3.8, 4) is 11.5 Å². The molecule has 0 radical (unpaired) electrons. The van der Waals surface area contributed by atoms with Crippen molar-refractivity contribution in [2.75, 3.05) is 19.0 Å². The highest BCUT2D eigenvalue weighted by molar-refractivity contribution is 8.13. The summed E-state index contributed by atoms with van der Waals surface area (Å²) in [5, 5.41) is 0. The summed E-state index contributed by atoms with van der Waals surface area (Å²) in [4.78, 5) is 0. The van der Waals surface area contributed by atoms with E-state index >= 15 is 0 Å². The number of fused-ring (bicyclic) bond motifs is 1. The molecule has 2 rings (SSSR count). The van der Waals surface area contributed by atoms with Crippen molar-refractivity contribution >= 4 is 19.7 Å². The smallest absolute Gasteiger partial charge is 0.232 e. The quantitative estimate of drug-likeness (QED) is 0.792. The Balaban J connectivity index is 2.12. The summed E-state index contributed by atoms with van der Waals surface area (Å²) in [6.07, 6.45) is 1.22. The Morgan fingerprint density at radius 3 is 2.59 bits per heavy atom. The van der Waals surface area contributed by atoms with Gasteiger partial charge in [-0.15, -0.1) is 0 Å². The Morgan fingerprint density at radius 1 is 1.18 bits per heavy atom. The highest BCUT2D eigenvalue weighted by Gasteiger charge is 2.12. The fourth-order valence-electron chi connectivity index (χ4n) is 1.60. The molecule has 0 aromatic heterocycles. The lowest BCUT2D eigenvalue weighted by Gasteiger charge is -2.08. The average molecular weight is 277 g/mol. The minimum absolute atomic E-state index is 0.0752. The molecule has 0 saturated carbocycles. The van der Waals surface area contributed by atoms with E-state index in [9.17, 15) is 8.42 Å². The van der Waals surface area contributed by atoms with Crippen LogP contribution in [-0.4, -0.2) is 27.4 Å². The van der Waals surface area contributed by atoms with Gasteiger partial charge in [-0.05, 0) is 24.1 Å². The zero-order valence-electron chi connectivity index (χ0n) is 9.19. The van der Waals surface area contributed by atoms with Crippen LogP contribution in [0.2, 0.25) is 0 Å². The molecule has 1 aliphatic rings. The maximum Gasteiger partial charge on any atom is 0.232 e. The molecule has 0 amide bonds. The van der Waals surface area contributed by atoms with Crippen LogP contribution in [-0.2, 0) is 15.5 Å². The van der Waals surface area contributed by atoms with Crippen molar-refractivity contribution in [2.24, 2.45) is 0 Å². The molecule has 0 atom stereocenters. The Bertz CT molecular complexity index is 498. The van der Waals surface area contributed by atoms with E-state index in [1.54, 1.807) is 6.07 Å². The largest absolute Gasteiger partial charge is 0.490 e. The van der Waals surface area contributed by atoms with E-state index in [2.05, 4.69) is 0 Å². The lowest BCUT2D eigenvalue weighted by molar-refractivity contribution is 0.297. The zero-order chi connectivity index (χ0) is 12.3. The number of hydrogen-bond donors (Lipinski definition) is 0. The molecule has 0 saturated heterocycles. The minimum atomic E-state index is -3.45. The SMILES string of the molecule is O=S(=O)(Cl)CCc1ccc2c(c1)OCCCO2. The van der Waals surface area contributed by atoms with Gasteiger partial charge >= 0.3 is 0 Å². The van der Waals surface area contributed by atoms with Crippen LogP contribution in [0.1, 0.15) is 12.0 Å². The highest BCUT2D eigenvalue weighted by Crippen LogP contribution is 2.30. The second kappa shape index (κ2) is 5.14. The van der Waals surface area contributed by atoms with Gasteiger partial charge in [0.2, 0.25) is 9.05 Å². The van der Waals surface area contributed by atoms with E-state index in [4.69, 9.17) is 20.2 Å². The molecule has 0 spiro atoms. The fraction of sp³-hybridized carbons (Fsp3) is 0.455. The molecule has 0 N–H and O–H groups in total. The molecule has 1 heterocycles. The van der Waals surface area contributed by atoms with Gasteiger partial charge in [0.1, 0.15) is 0 Å². The molecule has 1 aromatic rings. The van der Waals surface area contributed by atoms with E-state index < -0.39 is 9.05 Å². The number of rotatable bonds is 3. The van der Waals surface area contributed by atoms with Gasteiger partial charge in [0.05, 0.1) is 19.0 Å². The summed E-state index contributed by atoms with van der Waals surface area (Å²) in [6.45, 7) is 1.26. The Kier molecular flexibility index (Phi) is 3.79. The van der Waals surface area contributed by atoms with Crippen molar-refractivity contribution in [2.45, 2.75) is 12.8 Å². The Hall–Kier alpha value is -0.940.